The number of hydrogen-bond acceptors (Lipinski definition) is 3. The Hall–Kier alpha value is -2.21. The van der Waals surface area contributed by atoms with E-state index in [-0.39, 0.29) is 24.8 Å². The summed E-state index contributed by atoms with van der Waals surface area (Å²) in [7, 11) is 1.47. The molecule has 2 aromatic carbocycles. The number of likely N-dealkylation sites (tertiary alicyclic amines) is 1. The van der Waals surface area contributed by atoms with Crippen LogP contribution in [0.15, 0.2) is 46.9 Å². The topological polar surface area (TPSA) is 46.6 Å². The Kier molecular flexibility index (Phi) is 4.64. The van der Waals surface area contributed by atoms with Crippen LogP contribution >= 0.6 is 15.9 Å². The summed E-state index contributed by atoms with van der Waals surface area (Å²) in [6.45, 7) is 1.75. The van der Waals surface area contributed by atoms with Crippen LogP contribution in [0.1, 0.15) is 24.5 Å². The van der Waals surface area contributed by atoms with E-state index in [1.54, 1.807) is 6.92 Å². The molecule has 0 aromatic heterocycles. The maximum absolute atomic E-state index is 13.6. The fraction of sp³-hybridized carbons (Fsp3) is 0.263. The minimum Gasteiger partial charge on any atom is -0.496 e. The summed E-state index contributed by atoms with van der Waals surface area (Å²) >= 11 is 3.37. The first-order chi connectivity index (χ1) is 11.8. The van der Waals surface area contributed by atoms with Crippen LogP contribution < -0.4 is 4.74 Å². The maximum atomic E-state index is 13.6. The van der Waals surface area contributed by atoms with Gasteiger partial charge in [-0.3, -0.25) is 14.5 Å². The summed E-state index contributed by atoms with van der Waals surface area (Å²) in [4.78, 5) is 26.6. The Balaban J connectivity index is 1.92. The van der Waals surface area contributed by atoms with Crippen molar-refractivity contribution in [3.8, 4) is 5.75 Å². The molecule has 0 spiro atoms. The van der Waals surface area contributed by atoms with Gasteiger partial charge in [0.2, 0.25) is 11.8 Å². The van der Waals surface area contributed by atoms with Gasteiger partial charge in [0.25, 0.3) is 0 Å². The van der Waals surface area contributed by atoms with Gasteiger partial charge >= 0.3 is 0 Å². The Morgan fingerprint density at radius 3 is 2.52 bits per heavy atom. The van der Waals surface area contributed by atoms with Crippen LogP contribution in [0.5, 0.6) is 5.75 Å². The van der Waals surface area contributed by atoms with Gasteiger partial charge in [-0.2, -0.15) is 0 Å². The van der Waals surface area contributed by atoms with E-state index >= 15 is 0 Å². The number of carbonyl (C=O) groups is 2. The van der Waals surface area contributed by atoms with Gasteiger partial charge in [0, 0.05) is 16.5 Å². The number of imide groups is 1. The highest BCUT2D eigenvalue weighted by Crippen LogP contribution is 2.38. The highest BCUT2D eigenvalue weighted by atomic mass is 79.9. The lowest BCUT2D eigenvalue weighted by Gasteiger charge is -2.23. The van der Waals surface area contributed by atoms with E-state index < -0.39 is 11.2 Å². The zero-order chi connectivity index (χ0) is 18.2. The van der Waals surface area contributed by atoms with Crippen molar-refractivity contribution < 1.29 is 18.7 Å². The second-order valence-corrected chi connectivity index (χ2v) is 7.17. The Morgan fingerprint density at radius 2 is 1.88 bits per heavy atom. The SMILES string of the molecule is COc1ccc(F)cc1CN1C(=O)C[C@@](C)(c2ccc(Br)cc2)C1=O. The lowest BCUT2D eigenvalue weighted by Crippen LogP contribution is -2.36. The normalized spacial score (nSPS) is 20.2. The van der Waals surface area contributed by atoms with Gasteiger partial charge < -0.3 is 4.74 Å². The van der Waals surface area contributed by atoms with Gasteiger partial charge in [-0.05, 0) is 42.8 Å². The average molecular weight is 406 g/mol. The van der Waals surface area contributed by atoms with Crippen LogP contribution in [-0.2, 0) is 21.5 Å². The Labute approximate surface area is 153 Å². The van der Waals surface area contributed by atoms with Crippen molar-refractivity contribution >= 4 is 27.7 Å². The standard InChI is InChI=1S/C19H17BrFNO3/c1-19(13-3-5-14(20)6-4-13)10-17(23)22(18(19)24)11-12-9-15(21)7-8-16(12)25-2/h3-9H,10-11H2,1-2H3/t19-/m0/s1. The molecule has 0 aliphatic carbocycles. The zero-order valence-electron chi connectivity index (χ0n) is 13.9. The molecule has 0 unspecified atom stereocenters. The number of amides is 2. The van der Waals surface area contributed by atoms with Crippen molar-refractivity contribution in [1.29, 1.82) is 0 Å². The molecule has 0 N–H and O–H groups in total. The Bertz CT molecular complexity index is 837. The second-order valence-electron chi connectivity index (χ2n) is 6.26. The average Bonchev–Trinajstić information content (AvgIpc) is 2.80. The third-order valence-corrected chi connectivity index (χ3v) is 5.10. The van der Waals surface area contributed by atoms with Crippen molar-refractivity contribution in [2.45, 2.75) is 25.3 Å². The molecule has 0 saturated carbocycles. The van der Waals surface area contributed by atoms with Gasteiger partial charge in [-0.1, -0.05) is 28.1 Å². The van der Waals surface area contributed by atoms with E-state index in [2.05, 4.69) is 15.9 Å². The second kappa shape index (κ2) is 6.59. The zero-order valence-corrected chi connectivity index (χ0v) is 15.5. The third kappa shape index (κ3) is 3.18. The Morgan fingerprint density at radius 1 is 1.20 bits per heavy atom. The molecule has 2 aromatic rings. The molecule has 2 amide bonds. The molecule has 1 fully saturated rings. The molecule has 1 atom stereocenters. The van der Waals surface area contributed by atoms with Crippen LogP contribution in [0.25, 0.3) is 0 Å². The number of rotatable bonds is 4. The number of carbonyl (C=O) groups excluding carboxylic acids is 2. The van der Waals surface area contributed by atoms with E-state index in [1.165, 1.54) is 30.2 Å². The molecule has 0 radical (unpaired) electrons. The predicted octanol–water partition coefficient (Wildman–Crippen LogP) is 3.81. The lowest BCUT2D eigenvalue weighted by atomic mass is 9.81. The summed E-state index contributed by atoms with van der Waals surface area (Å²) in [5, 5.41) is 0. The summed E-state index contributed by atoms with van der Waals surface area (Å²) in [5.74, 6) is -0.558. The largest absolute Gasteiger partial charge is 0.496 e. The van der Waals surface area contributed by atoms with Crippen LogP contribution in [0, 0.1) is 5.82 Å². The number of ether oxygens (including phenoxy) is 1. The van der Waals surface area contributed by atoms with Gasteiger partial charge in [0.1, 0.15) is 11.6 Å². The van der Waals surface area contributed by atoms with Crippen LogP contribution in [0.3, 0.4) is 0 Å². The molecule has 1 aliphatic rings. The molecule has 1 saturated heterocycles. The predicted molar refractivity (Wildman–Crippen MR) is 94.6 cm³/mol. The molecule has 3 rings (SSSR count). The van der Waals surface area contributed by atoms with Crippen LogP contribution in [0.4, 0.5) is 4.39 Å². The van der Waals surface area contributed by atoms with Gasteiger partial charge in [0.15, 0.2) is 0 Å². The monoisotopic (exact) mass is 405 g/mol. The maximum Gasteiger partial charge on any atom is 0.240 e. The van der Waals surface area contributed by atoms with Crippen molar-refractivity contribution in [1.82, 2.24) is 4.90 Å². The molecule has 1 aliphatic heterocycles. The highest BCUT2D eigenvalue weighted by Gasteiger charge is 2.49. The number of benzene rings is 2. The summed E-state index contributed by atoms with van der Waals surface area (Å²) < 4.78 is 19.7. The van der Waals surface area contributed by atoms with Crippen molar-refractivity contribution in [3.05, 3.63) is 63.9 Å². The smallest absolute Gasteiger partial charge is 0.240 e. The molecular formula is C19H17BrFNO3. The number of nitrogens with zero attached hydrogens (tertiary/aromatic N) is 1. The fourth-order valence-electron chi connectivity index (χ4n) is 3.13. The van der Waals surface area contributed by atoms with E-state index in [4.69, 9.17) is 4.74 Å². The van der Waals surface area contributed by atoms with E-state index in [1.807, 2.05) is 24.3 Å². The quantitative estimate of drug-likeness (QED) is 0.726. The van der Waals surface area contributed by atoms with E-state index in [0.717, 1.165) is 10.0 Å². The van der Waals surface area contributed by atoms with Crippen LogP contribution in [0.2, 0.25) is 0 Å². The highest BCUT2D eigenvalue weighted by molar-refractivity contribution is 9.10. The minimum atomic E-state index is -0.918. The van der Waals surface area contributed by atoms with Gasteiger partial charge in [0.05, 0.1) is 19.1 Å². The van der Waals surface area contributed by atoms with E-state index in [0.29, 0.717) is 11.3 Å². The van der Waals surface area contributed by atoms with Crippen LogP contribution in [-0.4, -0.2) is 23.8 Å². The molecule has 1 heterocycles. The van der Waals surface area contributed by atoms with Gasteiger partial charge in [-0.25, -0.2) is 4.39 Å². The fourth-order valence-corrected chi connectivity index (χ4v) is 3.39. The van der Waals surface area contributed by atoms with E-state index in [9.17, 15) is 14.0 Å². The first-order valence-electron chi connectivity index (χ1n) is 7.78. The first kappa shape index (κ1) is 17.6. The third-order valence-electron chi connectivity index (χ3n) is 4.58. The molecular weight excluding hydrogens is 389 g/mol. The summed E-state index contributed by atoms with van der Waals surface area (Å²) in [5.41, 5.74) is 0.324. The minimum absolute atomic E-state index is 0.00921. The summed E-state index contributed by atoms with van der Waals surface area (Å²) in [6, 6.07) is 11.4. The molecule has 25 heavy (non-hydrogen) atoms. The first-order valence-corrected chi connectivity index (χ1v) is 8.58. The molecule has 6 heteroatoms. The summed E-state index contributed by atoms with van der Waals surface area (Å²) in [6.07, 6.45) is 0.0884. The number of methoxy groups -OCH3 is 1. The van der Waals surface area contributed by atoms with Crippen molar-refractivity contribution in [2.75, 3.05) is 7.11 Å². The number of halogens is 2. The van der Waals surface area contributed by atoms with Crippen molar-refractivity contribution in [2.24, 2.45) is 0 Å². The number of hydrogen-bond donors (Lipinski definition) is 0. The molecule has 0 bridgehead atoms. The molecule has 4 nitrogen and oxygen atoms in total. The van der Waals surface area contributed by atoms with Gasteiger partial charge in [-0.15, -0.1) is 0 Å². The molecule has 130 valence electrons. The van der Waals surface area contributed by atoms with Crippen molar-refractivity contribution in [3.63, 3.8) is 0 Å². The lowest BCUT2D eigenvalue weighted by molar-refractivity contribution is -0.140.